The van der Waals surface area contributed by atoms with E-state index in [2.05, 4.69) is 16.2 Å². The first-order valence-corrected chi connectivity index (χ1v) is 8.19. The van der Waals surface area contributed by atoms with Gasteiger partial charge in [-0.25, -0.2) is 0 Å². The molecule has 1 amide bonds. The van der Waals surface area contributed by atoms with Crippen LogP contribution >= 0.6 is 23.8 Å². The number of amides is 1. The first-order chi connectivity index (χ1) is 11.6. The number of hydrogen-bond donors (Lipinski definition) is 3. The monoisotopic (exact) mass is 363 g/mol. The Hall–Kier alpha value is -2.31. The van der Waals surface area contributed by atoms with E-state index in [1.54, 1.807) is 18.2 Å². The summed E-state index contributed by atoms with van der Waals surface area (Å²) in [7, 11) is 0. The molecule has 7 heteroatoms. The Morgan fingerprint density at radius 1 is 1.17 bits per heavy atom. The highest BCUT2D eigenvalue weighted by atomic mass is 35.5. The Morgan fingerprint density at radius 3 is 2.58 bits per heavy atom. The Labute approximate surface area is 151 Å². The molecule has 0 bridgehead atoms. The lowest BCUT2D eigenvalue weighted by Crippen LogP contribution is -2.46. The van der Waals surface area contributed by atoms with Crippen molar-refractivity contribution < 1.29 is 9.53 Å². The van der Waals surface area contributed by atoms with Gasteiger partial charge in [-0.05, 0) is 42.9 Å². The van der Waals surface area contributed by atoms with Gasteiger partial charge < -0.3 is 10.1 Å². The van der Waals surface area contributed by atoms with Gasteiger partial charge in [0.15, 0.2) is 5.11 Å². The molecule has 0 unspecified atom stereocenters. The van der Waals surface area contributed by atoms with Gasteiger partial charge in [-0.15, -0.1) is 0 Å². The van der Waals surface area contributed by atoms with Crippen molar-refractivity contribution in [3.8, 4) is 5.75 Å². The number of carbonyl (C=O) groups excluding carboxylic acids is 1. The second-order valence-corrected chi connectivity index (χ2v) is 5.67. The average molecular weight is 364 g/mol. The van der Waals surface area contributed by atoms with Gasteiger partial charge >= 0.3 is 0 Å². The maximum atomic E-state index is 12.1. The van der Waals surface area contributed by atoms with E-state index >= 15 is 0 Å². The van der Waals surface area contributed by atoms with Crippen molar-refractivity contribution in [3.05, 3.63) is 64.7 Å². The van der Waals surface area contributed by atoms with Gasteiger partial charge in [0.05, 0.1) is 10.6 Å². The van der Waals surface area contributed by atoms with Crippen molar-refractivity contribution in [1.82, 2.24) is 16.2 Å². The summed E-state index contributed by atoms with van der Waals surface area (Å²) in [6.45, 7) is 3.00. The van der Waals surface area contributed by atoms with Crippen LogP contribution in [-0.2, 0) is 6.61 Å². The standard InChI is InChI=1S/C17H18ClN3O2S/c1-2-19-17(24)21-20-16(22)14-9-8-13(10-15(14)18)23-11-12-6-4-3-5-7-12/h3-10H,2,11H2,1H3,(H,20,22)(H2,19,21,24). The Kier molecular flexibility index (Phi) is 6.84. The molecule has 2 rings (SSSR count). The predicted molar refractivity (Wildman–Crippen MR) is 99.1 cm³/mol. The maximum absolute atomic E-state index is 12.1. The van der Waals surface area contributed by atoms with Crippen LogP contribution in [0.1, 0.15) is 22.8 Å². The van der Waals surface area contributed by atoms with Crippen molar-refractivity contribution in [2.24, 2.45) is 0 Å². The van der Waals surface area contributed by atoms with E-state index in [4.69, 9.17) is 28.6 Å². The lowest BCUT2D eigenvalue weighted by molar-refractivity contribution is 0.0944. The fraction of sp³-hybridized carbons (Fsp3) is 0.176. The van der Waals surface area contributed by atoms with Crippen molar-refractivity contribution in [3.63, 3.8) is 0 Å². The highest BCUT2D eigenvalue weighted by Crippen LogP contribution is 2.23. The van der Waals surface area contributed by atoms with Crippen LogP contribution in [-0.4, -0.2) is 17.6 Å². The van der Waals surface area contributed by atoms with Gasteiger partial charge in [0.2, 0.25) is 0 Å². The summed E-state index contributed by atoms with van der Waals surface area (Å²) >= 11 is 11.1. The number of hydrazine groups is 1. The predicted octanol–water partition coefficient (Wildman–Crippen LogP) is 3.05. The number of benzene rings is 2. The van der Waals surface area contributed by atoms with Crippen LogP contribution in [0.2, 0.25) is 5.02 Å². The second kappa shape index (κ2) is 9.10. The van der Waals surface area contributed by atoms with E-state index in [9.17, 15) is 4.79 Å². The molecule has 0 saturated carbocycles. The number of carbonyl (C=O) groups is 1. The molecule has 0 aliphatic rings. The van der Waals surface area contributed by atoms with Gasteiger partial charge in [0, 0.05) is 6.54 Å². The molecule has 3 N–H and O–H groups in total. The van der Waals surface area contributed by atoms with Gasteiger partial charge in [-0.2, -0.15) is 0 Å². The van der Waals surface area contributed by atoms with E-state index in [1.165, 1.54) is 0 Å². The number of hydrogen-bond acceptors (Lipinski definition) is 3. The van der Waals surface area contributed by atoms with Crippen molar-refractivity contribution in [1.29, 1.82) is 0 Å². The van der Waals surface area contributed by atoms with Gasteiger partial charge in [0.1, 0.15) is 12.4 Å². The van der Waals surface area contributed by atoms with Gasteiger partial charge in [0.25, 0.3) is 5.91 Å². The summed E-state index contributed by atoms with van der Waals surface area (Å²) in [6, 6.07) is 14.7. The second-order valence-electron chi connectivity index (χ2n) is 4.85. The zero-order valence-corrected chi connectivity index (χ0v) is 14.7. The fourth-order valence-electron chi connectivity index (χ4n) is 1.90. The largest absolute Gasteiger partial charge is 0.489 e. The normalized spacial score (nSPS) is 9.92. The molecule has 0 fully saturated rings. The molecule has 0 aliphatic heterocycles. The zero-order chi connectivity index (χ0) is 17.4. The van der Waals surface area contributed by atoms with Crippen LogP contribution in [0.25, 0.3) is 0 Å². The van der Waals surface area contributed by atoms with E-state index in [1.807, 2.05) is 37.3 Å². The summed E-state index contributed by atoms with van der Waals surface area (Å²) in [5.41, 5.74) is 6.47. The molecule has 126 valence electrons. The lowest BCUT2D eigenvalue weighted by Gasteiger charge is -2.12. The van der Waals surface area contributed by atoms with E-state index in [0.29, 0.717) is 34.6 Å². The molecule has 2 aromatic carbocycles. The molecular weight excluding hydrogens is 346 g/mol. The summed E-state index contributed by atoms with van der Waals surface area (Å²) in [5, 5.41) is 3.50. The summed E-state index contributed by atoms with van der Waals surface area (Å²) < 4.78 is 5.68. The molecule has 0 heterocycles. The number of halogens is 1. The van der Waals surface area contributed by atoms with E-state index in [-0.39, 0.29) is 5.91 Å². The van der Waals surface area contributed by atoms with Crippen molar-refractivity contribution in [2.45, 2.75) is 13.5 Å². The van der Waals surface area contributed by atoms with Crippen LogP contribution in [0.15, 0.2) is 48.5 Å². The minimum atomic E-state index is -0.380. The smallest absolute Gasteiger partial charge is 0.271 e. The minimum Gasteiger partial charge on any atom is -0.489 e. The van der Waals surface area contributed by atoms with Gasteiger partial charge in [-0.3, -0.25) is 15.6 Å². The SMILES string of the molecule is CCNC(=S)NNC(=O)c1ccc(OCc2ccccc2)cc1Cl. The van der Waals surface area contributed by atoms with Crippen LogP contribution in [0.3, 0.4) is 0 Å². The highest BCUT2D eigenvalue weighted by molar-refractivity contribution is 7.80. The van der Waals surface area contributed by atoms with Crippen LogP contribution in [0.4, 0.5) is 0 Å². The van der Waals surface area contributed by atoms with Crippen molar-refractivity contribution in [2.75, 3.05) is 6.54 Å². The summed E-state index contributed by atoms with van der Waals surface area (Å²) in [5.74, 6) is 0.214. The molecule has 2 aromatic rings. The number of nitrogens with one attached hydrogen (secondary N) is 3. The third kappa shape index (κ3) is 5.40. The summed E-state index contributed by atoms with van der Waals surface area (Å²) in [4.78, 5) is 12.1. The summed E-state index contributed by atoms with van der Waals surface area (Å²) in [6.07, 6.45) is 0. The number of rotatable bonds is 5. The van der Waals surface area contributed by atoms with E-state index < -0.39 is 0 Å². The molecule has 0 radical (unpaired) electrons. The Balaban J connectivity index is 1.93. The molecule has 0 atom stereocenters. The molecule has 5 nitrogen and oxygen atoms in total. The molecule has 0 aliphatic carbocycles. The third-order valence-corrected chi connectivity index (χ3v) is 3.62. The topological polar surface area (TPSA) is 62.4 Å². The van der Waals surface area contributed by atoms with Crippen LogP contribution in [0.5, 0.6) is 5.75 Å². The van der Waals surface area contributed by atoms with Gasteiger partial charge in [-0.1, -0.05) is 41.9 Å². The first-order valence-electron chi connectivity index (χ1n) is 7.40. The lowest BCUT2D eigenvalue weighted by atomic mass is 10.2. The fourth-order valence-corrected chi connectivity index (χ4v) is 2.35. The van der Waals surface area contributed by atoms with Crippen molar-refractivity contribution >= 4 is 34.8 Å². The Morgan fingerprint density at radius 2 is 1.92 bits per heavy atom. The molecule has 0 spiro atoms. The number of ether oxygens (including phenoxy) is 1. The maximum Gasteiger partial charge on any atom is 0.271 e. The third-order valence-electron chi connectivity index (χ3n) is 3.06. The minimum absolute atomic E-state index is 0.300. The quantitative estimate of drug-likeness (QED) is 0.563. The van der Waals surface area contributed by atoms with Crippen LogP contribution < -0.4 is 20.9 Å². The molecule has 24 heavy (non-hydrogen) atoms. The first kappa shape index (κ1) is 18.0. The molecular formula is C17H18ClN3O2S. The molecule has 0 saturated heterocycles. The Bertz CT molecular complexity index is 710. The number of thiocarbonyl (C=S) groups is 1. The molecule has 0 aromatic heterocycles. The van der Waals surface area contributed by atoms with Crippen LogP contribution in [0, 0.1) is 0 Å². The zero-order valence-electron chi connectivity index (χ0n) is 13.1. The van der Waals surface area contributed by atoms with E-state index in [0.717, 1.165) is 5.56 Å². The highest BCUT2D eigenvalue weighted by Gasteiger charge is 2.11. The average Bonchev–Trinajstić information content (AvgIpc) is 2.59.